The minimum Gasteiger partial charge on any atom is -0.451 e. The van der Waals surface area contributed by atoms with E-state index in [2.05, 4.69) is 0 Å². The number of hydrogen-bond donors (Lipinski definition) is 0. The van der Waals surface area contributed by atoms with E-state index in [9.17, 15) is 14.0 Å². The highest BCUT2D eigenvalue weighted by Crippen LogP contribution is 2.09. The molecule has 0 saturated heterocycles. The molecule has 0 aliphatic heterocycles. The number of ether oxygens (including phenoxy) is 1. The number of esters is 1. The Hall–Kier alpha value is -3.26. The average Bonchev–Trinajstić information content (AvgIpc) is 2.60. The first-order valence-corrected chi connectivity index (χ1v) is 7.18. The molecule has 5 heteroatoms. The van der Waals surface area contributed by atoms with Crippen molar-refractivity contribution >= 4 is 17.8 Å². The molecular formula is C19H14FNO3. The molecule has 4 nitrogen and oxygen atoms in total. The maximum atomic E-state index is 12.8. The second-order valence-corrected chi connectivity index (χ2v) is 5.02. The molecule has 0 aliphatic rings. The Bertz CT molecular complexity index is 802. The number of Topliss-reactive ketones (excluding diaryl/α,β-unsaturated/α-hetero) is 1. The summed E-state index contributed by atoms with van der Waals surface area (Å²) in [5.41, 5.74) is 1.52. The van der Waals surface area contributed by atoms with Crippen LogP contribution in [0, 0.1) is 17.1 Å². The molecule has 0 fully saturated rings. The summed E-state index contributed by atoms with van der Waals surface area (Å²) >= 11 is 0. The fourth-order valence-electron chi connectivity index (χ4n) is 1.95. The zero-order valence-corrected chi connectivity index (χ0v) is 12.9. The summed E-state index contributed by atoms with van der Waals surface area (Å²) in [5, 5.41) is 8.71. The minimum atomic E-state index is -0.978. The minimum absolute atomic E-state index is 0.271. The number of nitriles is 1. The third-order valence-corrected chi connectivity index (χ3v) is 3.24. The van der Waals surface area contributed by atoms with Crippen molar-refractivity contribution in [2.75, 3.05) is 0 Å². The van der Waals surface area contributed by atoms with E-state index in [0.29, 0.717) is 5.56 Å². The van der Waals surface area contributed by atoms with Crippen LogP contribution in [0.1, 0.15) is 28.4 Å². The van der Waals surface area contributed by atoms with E-state index in [1.807, 2.05) is 6.07 Å². The van der Waals surface area contributed by atoms with Crippen molar-refractivity contribution in [1.29, 1.82) is 5.26 Å². The van der Waals surface area contributed by atoms with Gasteiger partial charge in [0.05, 0.1) is 11.6 Å². The van der Waals surface area contributed by atoms with Gasteiger partial charge in [0, 0.05) is 11.6 Å². The smallest absolute Gasteiger partial charge is 0.331 e. The lowest BCUT2D eigenvalue weighted by molar-refractivity contribution is -0.140. The fraction of sp³-hybridized carbons (Fsp3) is 0.105. The molecule has 2 rings (SSSR count). The van der Waals surface area contributed by atoms with E-state index in [1.165, 1.54) is 43.3 Å². The van der Waals surface area contributed by atoms with Gasteiger partial charge in [-0.2, -0.15) is 5.26 Å². The summed E-state index contributed by atoms with van der Waals surface area (Å²) in [6.45, 7) is 1.46. The Kier molecular flexibility index (Phi) is 5.58. The molecule has 0 saturated carbocycles. The van der Waals surface area contributed by atoms with Gasteiger partial charge in [-0.25, -0.2) is 9.18 Å². The molecule has 0 amide bonds. The van der Waals surface area contributed by atoms with Gasteiger partial charge in [0.1, 0.15) is 5.82 Å². The van der Waals surface area contributed by atoms with E-state index in [-0.39, 0.29) is 5.56 Å². The predicted molar refractivity (Wildman–Crippen MR) is 86.5 cm³/mol. The van der Waals surface area contributed by atoms with Gasteiger partial charge >= 0.3 is 5.97 Å². The van der Waals surface area contributed by atoms with Crippen LogP contribution in [0.5, 0.6) is 0 Å². The summed E-state index contributed by atoms with van der Waals surface area (Å²) in [6.07, 6.45) is 1.75. The number of benzene rings is 2. The van der Waals surface area contributed by atoms with Crippen molar-refractivity contribution < 1.29 is 18.7 Å². The van der Waals surface area contributed by atoms with Gasteiger partial charge in [0.2, 0.25) is 5.78 Å². The van der Waals surface area contributed by atoms with E-state index in [0.717, 1.165) is 5.56 Å². The highest BCUT2D eigenvalue weighted by molar-refractivity contribution is 6.01. The first-order chi connectivity index (χ1) is 11.5. The first-order valence-electron chi connectivity index (χ1n) is 7.18. The van der Waals surface area contributed by atoms with Crippen LogP contribution in [0.3, 0.4) is 0 Å². The number of carbonyl (C=O) groups excluding carboxylic acids is 2. The molecule has 0 heterocycles. The lowest BCUT2D eigenvalue weighted by Crippen LogP contribution is -2.23. The van der Waals surface area contributed by atoms with Crippen molar-refractivity contribution in [2.24, 2.45) is 0 Å². The summed E-state index contributed by atoms with van der Waals surface area (Å²) in [5.74, 6) is -1.51. The van der Waals surface area contributed by atoms with Crippen LogP contribution >= 0.6 is 0 Å². The van der Waals surface area contributed by atoms with Crippen molar-refractivity contribution in [1.82, 2.24) is 0 Å². The average molecular weight is 323 g/mol. The van der Waals surface area contributed by atoms with Crippen LogP contribution < -0.4 is 0 Å². The molecule has 1 atom stereocenters. The van der Waals surface area contributed by atoms with E-state index in [4.69, 9.17) is 10.00 Å². The topological polar surface area (TPSA) is 67.2 Å². The van der Waals surface area contributed by atoms with Gasteiger partial charge in [-0.15, -0.1) is 0 Å². The molecule has 2 aromatic carbocycles. The normalized spacial score (nSPS) is 11.7. The van der Waals surface area contributed by atoms with Gasteiger partial charge < -0.3 is 4.74 Å². The highest BCUT2D eigenvalue weighted by atomic mass is 19.1. The Morgan fingerprint density at radius 1 is 1.12 bits per heavy atom. The third-order valence-electron chi connectivity index (χ3n) is 3.24. The van der Waals surface area contributed by atoms with Crippen LogP contribution in [-0.4, -0.2) is 17.9 Å². The molecule has 0 spiro atoms. The molecule has 24 heavy (non-hydrogen) atoms. The van der Waals surface area contributed by atoms with Gasteiger partial charge in [0.25, 0.3) is 0 Å². The van der Waals surface area contributed by atoms with Crippen LogP contribution in [0.15, 0.2) is 54.6 Å². The highest BCUT2D eigenvalue weighted by Gasteiger charge is 2.18. The maximum Gasteiger partial charge on any atom is 0.331 e. The monoisotopic (exact) mass is 323 g/mol. The Morgan fingerprint density at radius 2 is 1.75 bits per heavy atom. The van der Waals surface area contributed by atoms with Gasteiger partial charge in [-0.3, -0.25) is 4.79 Å². The fourth-order valence-corrected chi connectivity index (χ4v) is 1.95. The molecular weight excluding hydrogens is 309 g/mol. The summed E-state index contributed by atoms with van der Waals surface area (Å²) in [4.78, 5) is 23.8. The second kappa shape index (κ2) is 7.84. The molecule has 0 radical (unpaired) electrons. The van der Waals surface area contributed by atoms with Crippen molar-refractivity contribution in [2.45, 2.75) is 13.0 Å². The zero-order valence-electron chi connectivity index (χ0n) is 12.9. The molecule has 0 aliphatic carbocycles. The molecule has 120 valence electrons. The Balaban J connectivity index is 1.95. The number of carbonyl (C=O) groups is 2. The predicted octanol–water partition coefficient (Wildman–Crippen LogP) is 3.53. The largest absolute Gasteiger partial charge is 0.451 e. The number of nitrogens with zero attached hydrogens (tertiary/aromatic N) is 1. The molecule has 2 aromatic rings. The quantitative estimate of drug-likeness (QED) is 0.479. The second-order valence-electron chi connectivity index (χ2n) is 5.02. The Morgan fingerprint density at radius 3 is 2.33 bits per heavy atom. The number of ketones is 1. The Labute approximate surface area is 138 Å². The van der Waals surface area contributed by atoms with Crippen LogP contribution in [-0.2, 0) is 9.53 Å². The molecule has 0 bridgehead atoms. The zero-order chi connectivity index (χ0) is 17.5. The summed E-state index contributed by atoms with van der Waals surface area (Å²) in [6, 6.07) is 13.7. The third kappa shape index (κ3) is 4.62. The molecule has 0 N–H and O–H groups in total. The van der Waals surface area contributed by atoms with Gasteiger partial charge in [-0.05, 0) is 55.0 Å². The van der Waals surface area contributed by atoms with Crippen molar-refractivity contribution in [3.05, 3.63) is 77.1 Å². The van der Waals surface area contributed by atoms with Gasteiger partial charge in [0.15, 0.2) is 6.10 Å². The van der Waals surface area contributed by atoms with E-state index >= 15 is 0 Å². The van der Waals surface area contributed by atoms with Gasteiger partial charge in [-0.1, -0.05) is 12.1 Å². The maximum absolute atomic E-state index is 12.8. The number of rotatable bonds is 5. The van der Waals surface area contributed by atoms with Crippen LogP contribution in [0.25, 0.3) is 6.08 Å². The summed E-state index contributed by atoms with van der Waals surface area (Å²) < 4.78 is 17.9. The SMILES string of the molecule is C[C@@H](OC(=O)/C=C/c1ccc(C#N)cc1)C(=O)c1ccc(F)cc1. The lowest BCUT2D eigenvalue weighted by atomic mass is 10.1. The molecule has 0 aromatic heterocycles. The lowest BCUT2D eigenvalue weighted by Gasteiger charge is -2.10. The standard InChI is InChI=1S/C19H14FNO3/c1-13(19(23)16-7-9-17(20)10-8-16)24-18(22)11-6-14-2-4-15(12-21)5-3-14/h2-11,13H,1H3/b11-6+/t13-/m1/s1. The first kappa shape index (κ1) is 17.1. The van der Waals surface area contributed by atoms with Crippen molar-refractivity contribution in [3.63, 3.8) is 0 Å². The number of hydrogen-bond acceptors (Lipinski definition) is 4. The molecule has 0 unspecified atom stereocenters. The van der Waals surface area contributed by atoms with Crippen molar-refractivity contribution in [3.8, 4) is 6.07 Å². The van der Waals surface area contributed by atoms with Crippen LogP contribution in [0.4, 0.5) is 4.39 Å². The van der Waals surface area contributed by atoms with E-state index in [1.54, 1.807) is 24.3 Å². The number of halogens is 1. The summed E-state index contributed by atoms with van der Waals surface area (Å²) in [7, 11) is 0. The van der Waals surface area contributed by atoms with E-state index < -0.39 is 23.7 Å². The van der Waals surface area contributed by atoms with Crippen LogP contribution in [0.2, 0.25) is 0 Å².